The van der Waals surface area contributed by atoms with E-state index in [1.165, 1.54) is 0 Å². The third kappa shape index (κ3) is 14.7. The van der Waals surface area contributed by atoms with E-state index in [1.54, 1.807) is 0 Å². The molecule has 11 heteroatoms. The van der Waals surface area contributed by atoms with Crippen LogP contribution in [0.4, 0.5) is 30.7 Å². The molecule has 0 amide bonds. The van der Waals surface area contributed by atoms with Gasteiger partial charge in [0.25, 0.3) is 0 Å². The molecule has 0 aliphatic heterocycles. The fraction of sp³-hybridized carbons (Fsp3) is 1.00. The average Bonchev–Trinajstić information content (AvgIpc) is 2.65. The summed E-state index contributed by atoms with van der Waals surface area (Å²) in [5, 5.41) is 0. The molecule has 2 N–H and O–H groups in total. The molecule has 0 radical (unpaired) electrons. The van der Waals surface area contributed by atoms with Gasteiger partial charge >= 0.3 is 25.6 Å². The molecule has 3 nitrogen and oxygen atoms in total. The van der Waals surface area contributed by atoms with E-state index in [2.05, 4.69) is 0 Å². The minimum Gasteiger partial charge on any atom is -0.324 e. The maximum Gasteiger partial charge on any atom is 0.459 e. The van der Waals surface area contributed by atoms with Crippen LogP contribution in [0.1, 0.15) is 109 Å². The molecule has 194 valence electrons. The highest BCUT2D eigenvalue weighted by atomic mass is 31.2. The molecule has 32 heavy (non-hydrogen) atoms. The minimum absolute atomic E-state index is 0.0379. The van der Waals surface area contributed by atoms with E-state index < -0.39 is 32.0 Å². The van der Waals surface area contributed by atoms with Crippen LogP contribution in [0.5, 0.6) is 0 Å². The molecule has 0 aromatic rings. The maximum atomic E-state index is 13.1. The molecular weight excluding hydrogens is 464 g/mol. The highest BCUT2D eigenvalue weighted by molar-refractivity contribution is 7.51. The lowest BCUT2D eigenvalue weighted by Crippen LogP contribution is -2.51. The van der Waals surface area contributed by atoms with Crippen molar-refractivity contribution in [3.05, 3.63) is 0 Å². The molecule has 0 saturated carbocycles. The van der Waals surface area contributed by atoms with Gasteiger partial charge in [-0.05, 0) is 12.8 Å². The molecule has 0 spiro atoms. The summed E-state index contributed by atoms with van der Waals surface area (Å²) in [5.41, 5.74) is 0. The van der Waals surface area contributed by atoms with Crippen LogP contribution < -0.4 is 0 Å². The molecule has 0 atom stereocenters. The van der Waals surface area contributed by atoms with Gasteiger partial charge in [0.15, 0.2) is 0 Å². The lowest BCUT2D eigenvalue weighted by Gasteiger charge is -2.28. The van der Waals surface area contributed by atoms with Gasteiger partial charge in [0.2, 0.25) is 0 Å². The van der Waals surface area contributed by atoms with Crippen LogP contribution in [0, 0.1) is 0 Å². The van der Waals surface area contributed by atoms with Gasteiger partial charge in [0, 0.05) is 12.6 Å². The fourth-order valence-electron chi connectivity index (χ4n) is 3.50. The van der Waals surface area contributed by atoms with Crippen LogP contribution in [0.15, 0.2) is 0 Å². The summed E-state index contributed by atoms with van der Waals surface area (Å²) >= 11 is 0. The second-order valence-corrected chi connectivity index (χ2v) is 10.3. The Bertz CT molecular complexity index is 522. The van der Waals surface area contributed by atoms with Gasteiger partial charge in [0.1, 0.15) is 0 Å². The van der Waals surface area contributed by atoms with E-state index >= 15 is 0 Å². The molecule has 0 aliphatic carbocycles. The van der Waals surface area contributed by atoms with Crippen LogP contribution in [0.3, 0.4) is 0 Å². The third-order valence-corrected chi connectivity index (χ3v) is 6.40. The molecule has 0 rings (SSSR count). The van der Waals surface area contributed by atoms with Crippen molar-refractivity contribution >= 4 is 7.60 Å². The number of hydrogen-bond donors (Lipinski definition) is 2. The largest absolute Gasteiger partial charge is 0.459 e. The third-order valence-electron chi connectivity index (χ3n) is 5.51. The molecule has 0 heterocycles. The van der Waals surface area contributed by atoms with Crippen molar-refractivity contribution in [1.29, 1.82) is 0 Å². The Kier molecular flexibility index (Phi) is 15.4. The Balaban J connectivity index is 3.44. The van der Waals surface area contributed by atoms with Gasteiger partial charge in [-0.25, -0.2) is 0 Å². The monoisotopic (exact) mass is 502 g/mol. The Morgan fingerprint density at radius 2 is 0.781 bits per heavy atom. The first-order chi connectivity index (χ1) is 14.7. The lowest BCUT2D eigenvalue weighted by molar-refractivity contribution is -0.355. The molecule has 0 unspecified atom stereocenters. The zero-order valence-electron chi connectivity index (χ0n) is 18.6. The molecule has 0 aromatic carbocycles. The number of hydrogen-bond acceptors (Lipinski definition) is 1. The van der Waals surface area contributed by atoms with Crippen LogP contribution in [0.25, 0.3) is 0 Å². The van der Waals surface area contributed by atoms with E-state index in [9.17, 15) is 35.3 Å². The molecule has 0 saturated heterocycles. The zero-order chi connectivity index (χ0) is 24.7. The lowest BCUT2D eigenvalue weighted by atomic mass is 10.0. The van der Waals surface area contributed by atoms with Gasteiger partial charge in [-0.15, -0.1) is 0 Å². The number of rotatable bonds is 20. The summed E-state index contributed by atoms with van der Waals surface area (Å²) in [4.78, 5) is 17.5. The molecular formula is C21H38F7O3P. The first-order valence-corrected chi connectivity index (χ1v) is 13.4. The number of halogens is 7. The molecule has 0 fully saturated rings. The SMILES string of the molecule is O=P(O)(O)CCCCCCCCCCCCCCCCCCC(F)(F)C(F)(F)C(F)(F)F. The highest BCUT2D eigenvalue weighted by Crippen LogP contribution is 2.48. The minimum atomic E-state index is -6.24. The quantitative estimate of drug-likeness (QED) is 0.0995. The molecule has 0 bridgehead atoms. The van der Waals surface area contributed by atoms with Crippen LogP contribution in [-0.2, 0) is 4.57 Å². The summed E-state index contributed by atoms with van der Waals surface area (Å²) in [5.74, 6) is -11.1. The summed E-state index contributed by atoms with van der Waals surface area (Å²) < 4.78 is 98.6. The van der Waals surface area contributed by atoms with Gasteiger partial charge in [-0.1, -0.05) is 89.9 Å². The van der Waals surface area contributed by atoms with Gasteiger partial charge in [0.05, 0.1) is 0 Å². The van der Waals surface area contributed by atoms with E-state index in [0.717, 1.165) is 77.0 Å². The second-order valence-electron chi connectivity index (χ2n) is 8.57. The van der Waals surface area contributed by atoms with Gasteiger partial charge in [-0.3, -0.25) is 4.57 Å². The van der Waals surface area contributed by atoms with Crippen molar-refractivity contribution in [2.24, 2.45) is 0 Å². The summed E-state index contributed by atoms with van der Waals surface area (Å²) in [6.45, 7) is 0. The average molecular weight is 502 g/mol. The van der Waals surface area contributed by atoms with Crippen LogP contribution >= 0.6 is 7.60 Å². The van der Waals surface area contributed by atoms with Crippen molar-refractivity contribution in [2.45, 2.75) is 127 Å². The van der Waals surface area contributed by atoms with E-state index in [4.69, 9.17) is 9.79 Å². The van der Waals surface area contributed by atoms with Gasteiger partial charge in [-0.2, -0.15) is 30.7 Å². The predicted molar refractivity (Wildman–Crippen MR) is 111 cm³/mol. The second kappa shape index (κ2) is 15.5. The van der Waals surface area contributed by atoms with Crippen molar-refractivity contribution < 1.29 is 45.1 Å². The van der Waals surface area contributed by atoms with E-state index in [-0.39, 0.29) is 19.0 Å². The Labute approximate surface area is 186 Å². The Morgan fingerprint density at radius 1 is 0.500 bits per heavy atom. The van der Waals surface area contributed by atoms with E-state index in [1.807, 2.05) is 0 Å². The number of alkyl halides is 7. The Morgan fingerprint density at radius 3 is 1.06 bits per heavy atom. The smallest absolute Gasteiger partial charge is 0.324 e. The maximum absolute atomic E-state index is 13.1. The van der Waals surface area contributed by atoms with Crippen molar-refractivity contribution in [3.8, 4) is 0 Å². The van der Waals surface area contributed by atoms with Crippen molar-refractivity contribution in [2.75, 3.05) is 6.16 Å². The summed E-state index contributed by atoms with van der Waals surface area (Å²) in [6.07, 6.45) is 5.41. The van der Waals surface area contributed by atoms with Crippen molar-refractivity contribution in [3.63, 3.8) is 0 Å². The standard InChI is InChI=1S/C21H38F7O3P/c22-19(23,20(24,25)21(26,27)28)17-15-13-11-9-7-5-3-1-2-4-6-8-10-12-14-16-18-32(29,30)31/h1-18H2,(H2,29,30,31). The first kappa shape index (κ1) is 31.7. The van der Waals surface area contributed by atoms with Crippen LogP contribution in [0.2, 0.25) is 0 Å². The van der Waals surface area contributed by atoms with Crippen LogP contribution in [-0.4, -0.2) is 34.0 Å². The normalized spacial score (nSPS) is 13.7. The summed E-state index contributed by atoms with van der Waals surface area (Å²) in [7, 11) is -3.86. The molecule has 0 aliphatic rings. The first-order valence-electron chi connectivity index (χ1n) is 11.6. The highest BCUT2D eigenvalue weighted by Gasteiger charge is 2.72. The van der Waals surface area contributed by atoms with Gasteiger partial charge < -0.3 is 9.79 Å². The fourth-order valence-corrected chi connectivity index (χ4v) is 4.14. The molecule has 0 aromatic heterocycles. The zero-order valence-corrected chi connectivity index (χ0v) is 19.5. The van der Waals surface area contributed by atoms with Crippen molar-refractivity contribution in [1.82, 2.24) is 0 Å². The topological polar surface area (TPSA) is 57.5 Å². The predicted octanol–water partition coefficient (Wildman–Crippen LogP) is 8.63. The summed E-state index contributed by atoms with van der Waals surface area (Å²) in [6, 6.07) is 0. The Hall–Kier alpha value is -0.340. The van der Waals surface area contributed by atoms with E-state index in [0.29, 0.717) is 12.8 Å². The number of unbranched alkanes of at least 4 members (excludes halogenated alkanes) is 15.